The van der Waals surface area contributed by atoms with Crippen molar-refractivity contribution in [1.29, 1.82) is 0 Å². The molecule has 3 aromatic rings. The van der Waals surface area contributed by atoms with E-state index < -0.39 is 78.3 Å². The Hall–Kier alpha value is -4.09. The van der Waals surface area contributed by atoms with E-state index >= 15 is 0 Å². The van der Waals surface area contributed by atoms with Crippen LogP contribution < -0.4 is 16.2 Å². The molecule has 3 rings (SSSR count). The van der Waals surface area contributed by atoms with E-state index in [0.29, 0.717) is 10.1 Å². The third kappa shape index (κ3) is 4.63. The zero-order valence-corrected chi connectivity index (χ0v) is 16.3. The Morgan fingerprint density at radius 1 is 1.25 bits per heavy atom. The lowest BCUT2D eigenvalue weighted by Crippen LogP contribution is -2.46. The molecule has 3 N–H and O–H groups in total. The number of aromatic nitrogens is 4. The number of nitrogens with zero attached hydrogens (tertiary/aromatic N) is 4. The lowest BCUT2D eigenvalue weighted by molar-refractivity contribution is 0.0869. The van der Waals surface area contributed by atoms with Gasteiger partial charge in [0.05, 0.1) is 5.54 Å². The number of nitrogens with one attached hydrogen (secondary N) is 2. The maximum absolute atomic E-state index is 13.2. The van der Waals surface area contributed by atoms with Gasteiger partial charge in [0.1, 0.15) is 11.6 Å². The van der Waals surface area contributed by atoms with Crippen molar-refractivity contribution in [2.45, 2.75) is 32.6 Å². The molecule has 32 heavy (non-hydrogen) atoms. The summed E-state index contributed by atoms with van der Waals surface area (Å²) in [6.07, 6.45) is 0. The second-order valence-electron chi connectivity index (χ2n) is 6.42. The predicted octanol–water partition coefficient (Wildman–Crippen LogP) is 0.912. The average Bonchev–Trinajstić information content (AvgIpc) is 3.36. The Morgan fingerprint density at radius 2 is 1.97 bits per heavy atom. The molecule has 0 aliphatic heterocycles. The molecule has 2 aromatic heterocycles. The molecule has 0 spiro atoms. The third-order valence-corrected chi connectivity index (χ3v) is 4.10. The summed E-state index contributed by atoms with van der Waals surface area (Å²) in [5.41, 5.74) is -5.71. The summed E-state index contributed by atoms with van der Waals surface area (Å²) >= 11 is 0. The molecule has 0 saturated heterocycles. The van der Waals surface area contributed by atoms with E-state index in [1.807, 2.05) is 0 Å². The van der Waals surface area contributed by atoms with Crippen molar-refractivity contribution >= 4 is 11.8 Å². The highest BCUT2D eigenvalue weighted by Crippen LogP contribution is 2.20. The Kier molecular flexibility index (Phi) is 3.58. The number of amides is 2. The summed E-state index contributed by atoms with van der Waals surface area (Å²) in [5, 5.41) is 20.7. The first-order valence-electron chi connectivity index (χ1n) is 13.2. The summed E-state index contributed by atoms with van der Waals surface area (Å²) in [6, 6.07) is 4.83. The first-order chi connectivity index (χ1) is 18.7. The van der Waals surface area contributed by atoms with E-state index in [1.54, 1.807) is 5.32 Å². The number of rotatable bonds is 6. The van der Waals surface area contributed by atoms with Crippen LogP contribution in [0.1, 0.15) is 64.5 Å². The van der Waals surface area contributed by atoms with Gasteiger partial charge in [-0.2, -0.15) is 0 Å². The molecule has 2 amide bonds. The van der Waals surface area contributed by atoms with Crippen LogP contribution in [-0.4, -0.2) is 36.7 Å². The van der Waals surface area contributed by atoms with Gasteiger partial charge in [-0.1, -0.05) is 12.1 Å². The molecule has 12 heteroatoms. The topological polar surface area (TPSA) is 152 Å². The molecule has 0 aliphatic rings. The van der Waals surface area contributed by atoms with Crippen molar-refractivity contribution in [3.8, 4) is 5.75 Å². The van der Waals surface area contributed by atoms with Crippen LogP contribution in [0.5, 0.6) is 5.75 Å². The van der Waals surface area contributed by atoms with Crippen LogP contribution >= 0.6 is 0 Å². The molecule has 1 aromatic carbocycles. The fourth-order valence-electron chi connectivity index (χ4n) is 2.55. The van der Waals surface area contributed by atoms with Crippen molar-refractivity contribution in [1.82, 2.24) is 30.4 Å². The Labute approximate surface area is 194 Å². The van der Waals surface area contributed by atoms with Gasteiger partial charge in [0.25, 0.3) is 11.5 Å². The fourth-order valence-corrected chi connectivity index (χ4v) is 2.55. The minimum absolute atomic E-state index is 0.270. The number of benzene rings is 1. The summed E-state index contributed by atoms with van der Waals surface area (Å²) in [6.45, 7) is -10.7. The van der Waals surface area contributed by atoms with E-state index in [4.69, 9.17) is 16.8 Å². The van der Waals surface area contributed by atoms with Crippen molar-refractivity contribution in [2.24, 2.45) is 7.05 Å². The number of carbonyl (C=O) groups is 2. The van der Waals surface area contributed by atoms with Crippen LogP contribution in [0.15, 0.2) is 33.5 Å². The normalized spacial score (nSPS) is 16.6. The quantitative estimate of drug-likeness (QED) is 0.498. The molecule has 0 saturated carbocycles. The molecule has 0 bridgehead atoms. The highest BCUT2D eigenvalue weighted by Gasteiger charge is 2.32. The lowest BCUT2D eigenvalue weighted by Gasteiger charge is -2.27. The first-order valence-corrected chi connectivity index (χ1v) is 8.70. The van der Waals surface area contributed by atoms with Crippen LogP contribution in [-0.2, 0) is 19.1 Å². The number of halogens is 1. The van der Waals surface area contributed by atoms with Gasteiger partial charge in [-0.15, -0.1) is 10.2 Å². The van der Waals surface area contributed by atoms with Gasteiger partial charge in [0, 0.05) is 32.8 Å². The summed E-state index contributed by atoms with van der Waals surface area (Å²) in [5.74, 6) is -8.08. The number of aryl methyl sites for hydroxylation is 1. The lowest BCUT2D eigenvalue weighted by atomic mass is 10.0. The molecular weight excluding hydrogens is 423 g/mol. The van der Waals surface area contributed by atoms with Crippen LogP contribution in [0.2, 0.25) is 0 Å². The molecule has 0 aliphatic carbocycles. The van der Waals surface area contributed by atoms with Gasteiger partial charge in [-0.05, 0) is 31.4 Å². The van der Waals surface area contributed by atoms with Crippen molar-refractivity contribution in [2.75, 3.05) is 0 Å². The zero-order chi connectivity index (χ0) is 31.1. The van der Waals surface area contributed by atoms with E-state index in [9.17, 15) is 23.9 Å². The second kappa shape index (κ2) is 8.57. The standard InChI is InChI=1S/C20H21FN6O5/c1-10-25-26-17(32-10)16(30)24-20(2,3)19-23-13(14(28)18(31)27(19)4)15(29)22-9-11-5-7-12(21)8-6-11/h5-8,28H,9H2,1-4H3,(H,22,29)(H,24,30)/i1D3,2D3,3D3. The largest absolute Gasteiger partial charge is 0.501 e. The SMILES string of the molecule is [2H]C([2H])([2H])c1nnc(C(=O)NC(c2nc(C(=O)NCc3ccc(F)cc3)c(O)c(=O)n2C)(C([2H])([2H])[2H])C([2H])([2H])[2H])o1. The number of hydrogen-bond donors (Lipinski definition) is 3. The molecule has 168 valence electrons. The molecule has 2 heterocycles. The van der Waals surface area contributed by atoms with Gasteiger partial charge in [-0.25, -0.2) is 9.37 Å². The minimum Gasteiger partial charge on any atom is -0.501 e. The van der Waals surface area contributed by atoms with Gasteiger partial charge in [-0.3, -0.25) is 19.0 Å². The van der Waals surface area contributed by atoms with Crippen LogP contribution in [0.25, 0.3) is 0 Å². The van der Waals surface area contributed by atoms with Gasteiger partial charge < -0.3 is 20.2 Å². The highest BCUT2D eigenvalue weighted by atomic mass is 19.1. The molecular formula is C20H21FN6O5. The average molecular weight is 453 g/mol. The predicted molar refractivity (Wildman–Crippen MR) is 108 cm³/mol. The maximum Gasteiger partial charge on any atom is 0.309 e. The fraction of sp³-hybridized carbons (Fsp3) is 0.300. The number of hydrogen-bond acceptors (Lipinski definition) is 8. The van der Waals surface area contributed by atoms with Crippen molar-refractivity contribution < 1.29 is 35.8 Å². The van der Waals surface area contributed by atoms with Crippen LogP contribution in [0, 0.1) is 12.7 Å². The minimum atomic E-state index is -3.74. The van der Waals surface area contributed by atoms with Crippen molar-refractivity contribution in [3.63, 3.8) is 0 Å². The maximum atomic E-state index is 13.2. The second-order valence-corrected chi connectivity index (χ2v) is 6.42. The highest BCUT2D eigenvalue weighted by molar-refractivity contribution is 5.94. The first kappa shape index (κ1) is 13.3. The Bertz CT molecular complexity index is 1520. The van der Waals surface area contributed by atoms with Gasteiger partial charge in [0.15, 0.2) is 5.69 Å². The Morgan fingerprint density at radius 3 is 2.59 bits per heavy atom. The van der Waals surface area contributed by atoms with Crippen LogP contribution in [0.4, 0.5) is 4.39 Å². The molecule has 0 radical (unpaired) electrons. The van der Waals surface area contributed by atoms with Gasteiger partial charge in [0.2, 0.25) is 11.6 Å². The van der Waals surface area contributed by atoms with Crippen LogP contribution in [0.3, 0.4) is 0 Å². The van der Waals surface area contributed by atoms with E-state index in [2.05, 4.69) is 20.5 Å². The number of aromatic hydroxyl groups is 1. The number of carbonyl (C=O) groups excluding carboxylic acids is 2. The molecule has 0 fully saturated rings. The monoisotopic (exact) mass is 453 g/mol. The van der Waals surface area contributed by atoms with Crippen molar-refractivity contribution in [3.05, 3.63) is 69.3 Å². The van der Waals surface area contributed by atoms with E-state index in [1.165, 1.54) is 12.1 Å². The summed E-state index contributed by atoms with van der Waals surface area (Å²) < 4.78 is 88.4. The molecule has 11 nitrogen and oxygen atoms in total. The van der Waals surface area contributed by atoms with E-state index in [-0.39, 0.29) is 6.54 Å². The van der Waals surface area contributed by atoms with E-state index in [0.717, 1.165) is 19.2 Å². The Balaban J connectivity index is 2.17. The molecule has 0 atom stereocenters. The van der Waals surface area contributed by atoms with Gasteiger partial charge >= 0.3 is 11.8 Å². The summed E-state index contributed by atoms with van der Waals surface area (Å²) in [4.78, 5) is 42.4. The smallest absolute Gasteiger partial charge is 0.309 e. The molecule has 0 unspecified atom stereocenters. The third-order valence-electron chi connectivity index (χ3n) is 4.10. The summed E-state index contributed by atoms with van der Waals surface area (Å²) in [7, 11) is 0.836. The zero-order valence-electron chi connectivity index (χ0n) is 25.3.